The van der Waals surface area contributed by atoms with Crippen molar-refractivity contribution in [1.82, 2.24) is 18.8 Å². The molecule has 9 nitrogen and oxygen atoms in total. The number of aryl methyl sites for hydroxylation is 1. The third-order valence-electron chi connectivity index (χ3n) is 6.93. The Morgan fingerprint density at radius 2 is 2.03 bits per heavy atom. The number of aromatic nitrogens is 2. The van der Waals surface area contributed by atoms with E-state index in [9.17, 15) is 22.0 Å². The summed E-state index contributed by atoms with van der Waals surface area (Å²) in [4.78, 5) is 19.1. The first kappa shape index (κ1) is 24.8. The van der Waals surface area contributed by atoms with Gasteiger partial charge in [0.25, 0.3) is 11.5 Å². The molecule has 5 rings (SSSR count). The first-order valence-electron chi connectivity index (χ1n) is 11.7. The highest BCUT2D eigenvalue weighted by atomic mass is 32.2. The van der Waals surface area contributed by atoms with E-state index in [-0.39, 0.29) is 24.6 Å². The molecular weight excluding hydrogens is 494 g/mol. The van der Waals surface area contributed by atoms with Crippen LogP contribution in [-0.2, 0) is 23.6 Å². The molecule has 194 valence electrons. The van der Waals surface area contributed by atoms with E-state index in [2.05, 4.69) is 9.88 Å². The summed E-state index contributed by atoms with van der Waals surface area (Å²) in [6.07, 6.45) is 5.70. The average molecular weight is 523 g/mol. The number of halogens is 2. The van der Waals surface area contributed by atoms with E-state index in [1.165, 1.54) is 21.3 Å². The average Bonchev–Trinajstić information content (AvgIpc) is 3.21. The fourth-order valence-electron chi connectivity index (χ4n) is 4.63. The van der Waals surface area contributed by atoms with Gasteiger partial charge in [0, 0.05) is 62.7 Å². The Morgan fingerprint density at radius 1 is 1.28 bits per heavy atom. The second kappa shape index (κ2) is 8.93. The molecule has 1 saturated heterocycles. The van der Waals surface area contributed by atoms with Gasteiger partial charge in [0.2, 0.25) is 10.0 Å². The van der Waals surface area contributed by atoms with E-state index in [4.69, 9.17) is 9.15 Å². The van der Waals surface area contributed by atoms with Crippen molar-refractivity contribution >= 4 is 21.0 Å². The predicted molar refractivity (Wildman–Crippen MR) is 130 cm³/mol. The summed E-state index contributed by atoms with van der Waals surface area (Å²) in [5.74, 6) is -2.59. The summed E-state index contributed by atoms with van der Waals surface area (Å²) in [7, 11) is -1.62. The summed E-state index contributed by atoms with van der Waals surface area (Å²) in [6.45, 7) is 3.53. The summed E-state index contributed by atoms with van der Waals surface area (Å²) in [5.41, 5.74) is 1.33. The van der Waals surface area contributed by atoms with Crippen LogP contribution in [-0.4, -0.2) is 71.6 Å². The fraction of sp³-hybridized carbons (Fsp3) is 0.500. The van der Waals surface area contributed by atoms with Crippen molar-refractivity contribution in [2.75, 3.05) is 32.5 Å². The second-order valence-corrected chi connectivity index (χ2v) is 11.7. The SMILES string of the molecule is CC1CN(S(C)(=O)=O)CCN1Cc1cc2c(=O)n(C)cc(-c3ccncc3OCC3CC3(F)F)c2o1. The number of hydrogen-bond donors (Lipinski definition) is 0. The maximum atomic E-state index is 13.3. The van der Waals surface area contributed by atoms with Crippen LogP contribution in [0.2, 0.25) is 0 Å². The maximum absolute atomic E-state index is 13.3. The number of sulfonamides is 1. The van der Waals surface area contributed by atoms with Crippen LogP contribution in [0.25, 0.3) is 22.1 Å². The van der Waals surface area contributed by atoms with Crippen molar-refractivity contribution < 1.29 is 26.4 Å². The summed E-state index contributed by atoms with van der Waals surface area (Å²) >= 11 is 0. The zero-order chi connectivity index (χ0) is 25.8. The minimum absolute atomic E-state index is 0.0373. The Kier molecular flexibility index (Phi) is 6.16. The zero-order valence-corrected chi connectivity index (χ0v) is 21.1. The molecule has 0 bridgehead atoms. The van der Waals surface area contributed by atoms with Gasteiger partial charge in [-0.2, -0.15) is 4.31 Å². The summed E-state index contributed by atoms with van der Waals surface area (Å²) in [5, 5.41) is 0.393. The van der Waals surface area contributed by atoms with E-state index >= 15 is 0 Å². The largest absolute Gasteiger partial charge is 0.491 e. The highest BCUT2D eigenvalue weighted by Crippen LogP contribution is 2.49. The number of rotatable bonds is 7. The topological polar surface area (TPSA) is 97.9 Å². The van der Waals surface area contributed by atoms with Gasteiger partial charge in [-0.3, -0.25) is 14.7 Å². The summed E-state index contributed by atoms with van der Waals surface area (Å²) in [6, 6.07) is 3.38. The van der Waals surface area contributed by atoms with Gasteiger partial charge in [-0.05, 0) is 19.1 Å². The number of hydrogen-bond acceptors (Lipinski definition) is 7. The fourth-order valence-corrected chi connectivity index (χ4v) is 5.53. The van der Waals surface area contributed by atoms with Gasteiger partial charge in [-0.1, -0.05) is 0 Å². The quantitative estimate of drug-likeness (QED) is 0.471. The third kappa shape index (κ3) is 4.76. The first-order chi connectivity index (χ1) is 16.9. The Balaban J connectivity index is 1.45. The second-order valence-electron chi connectivity index (χ2n) is 9.70. The zero-order valence-electron chi connectivity index (χ0n) is 20.3. The molecular formula is C24H28F2N4O5S. The monoisotopic (exact) mass is 522 g/mol. The van der Waals surface area contributed by atoms with Gasteiger partial charge >= 0.3 is 0 Å². The lowest BCUT2D eigenvalue weighted by Crippen LogP contribution is -2.52. The predicted octanol–water partition coefficient (Wildman–Crippen LogP) is 2.69. The molecule has 1 aliphatic heterocycles. The van der Waals surface area contributed by atoms with Crippen molar-refractivity contribution in [3.8, 4) is 16.9 Å². The standard InChI is InChI=1S/C24H28F2N4O5S/c1-15-11-30(36(3,32)33)7-6-29(15)12-17-8-19-22(35-17)20(13-28(2)23(19)31)18-4-5-27-10-21(18)34-14-16-9-24(16,25)26/h4-5,8,10,13,15-16H,6-7,9,11-12,14H2,1-3H3. The van der Waals surface area contributed by atoms with Gasteiger partial charge < -0.3 is 13.7 Å². The highest BCUT2D eigenvalue weighted by molar-refractivity contribution is 7.88. The van der Waals surface area contributed by atoms with Gasteiger partial charge in [0.05, 0.1) is 36.9 Å². The number of nitrogens with zero attached hydrogens (tertiary/aromatic N) is 4. The number of fused-ring (bicyclic) bond motifs is 1. The maximum Gasteiger partial charge on any atom is 0.261 e. The van der Waals surface area contributed by atoms with Gasteiger partial charge in [-0.25, -0.2) is 17.2 Å². The minimum atomic E-state index is -3.26. The number of piperazine rings is 1. The first-order valence-corrected chi connectivity index (χ1v) is 13.5. The van der Waals surface area contributed by atoms with E-state index in [1.807, 2.05) is 6.92 Å². The van der Waals surface area contributed by atoms with Crippen molar-refractivity contribution in [2.45, 2.75) is 31.9 Å². The molecule has 12 heteroatoms. The molecule has 0 spiro atoms. The molecule has 3 aromatic rings. The van der Waals surface area contributed by atoms with Crippen LogP contribution >= 0.6 is 0 Å². The molecule has 1 saturated carbocycles. The van der Waals surface area contributed by atoms with Crippen LogP contribution < -0.4 is 10.3 Å². The lowest BCUT2D eigenvalue weighted by molar-refractivity contribution is 0.0856. The Bertz CT molecular complexity index is 1470. The van der Waals surface area contributed by atoms with E-state index in [1.54, 1.807) is 31.6 Å². The Hall–Kier alpha value is -2.83. The van der Waals surface area contributed by atoms with E-state index < -0.39 is 21.9 Å². The van der Waals surface area contributed by atoms with Crippen LogP contribution in [0.15, 0.2) is 39.9 Å². The summed E-state index contributed by atoms with van der Waals surface area (Å²) < 4.78 is 65.3. The van der Waals surface area contributed by atoms with Crippen LogP contribution in [0.3, 0.4) is 0 Å². The molecule has 2 aliphatic rings. The molecule has 3 aromatic heterocycles. The minimum Gasteiger partial charge on any atom is -0.491 e. The Morgan fingerprint density at radius 3 is 2.69 bits per heavy atom. The molecule has 2 unspecified atom stereocenters. The van der Waals surface area contributed by atoms with Crippen LogP contribution in [0.4, 0.5) is 8.78 Å². The van der Waals surface area contributed by atoms with Crippen LogP contribution in [0, 0.1) is 5.92 Å². The van der Waals surface area contributed by atoms with E-state index in [0.717, 1.165) is 0 Å². The van der Waals surface area contributed by atoms with E-state index in [0.29, 0.717) is 59.8 Å². The third-order valence-corrected chi connectivity index (χ3v) is 8.20. The molecule has 36 heavy (non-hydrogen) atoms. The van der Waals surface area contributed by atoms with Crippen LogP contribution in [0.1, 0.15) is 19.1 Å². The highest BCUT2D eigenvalue weighted by Gasteiger charge is 2.57. The van der Waals surface area contributed by atoms with Crippen molar-refractivity contribution in [3.05, 3.63) is 46.8 Å². The normalized spacial score (nSPS) is 22.7. The Labute approximate surface area is 207 Å². The number of pyridine rings is 2. The molecule has 0 amide bonds. The van der Waals surface area contributed by atoms with Crippen molar-refractivity contribution in [3.63, 3.8) is 0 Å². The molecule has 2 atom stereocenters. The van der Waals surface area contributed by atoms with Crippen molar-refractivity contribution in [1.29, 1.82) is 0 Å². The lowest BCUT2D eigenvalue weighted by Gasteiger charge is -2.38. The van der Waals surface area contributed by atoms with Crippen LogP contribution in [0.5, 0.6) is 5.75 Å². The molecule has 1 aliphatic carbocycles. The van der Waals surface area contributed by atoms with Crippen molar-refractivity contribution in [2.24, 2.45) is 13.0 Å². The molecule has 0 N–H and O–H groups in total. The van der Waals surface area contributed by atoms with Gasteiger partial charge in [0.1, 0.15) is 17.1 Å². The molecule has 0 radical (unpaired) electrons. The van der Waals surface area contributed by atoms with Gasteiger partial charge in [-0.15, -0.1) is 0 Å². The lowest BCUT2D eigenvalue weighted by atomic mass is 10.1. The molecule has 4 heterocycles. The number of alkyl halides is 2. The van der Waals surface area contributed by atoms with Gasteiger partial charge in [0.15, 0.2) is 0 Å². The number of furan rings is 1. The number of ether oxygens (including phenoxy) is 1. The molecule has 0 aromatic carbocycles. The smallest absolute Gasteiger partial charge is 0.261 e. The molecule has 2 fully saturated rings.